The molecule has 0 bridgehead atoms. The first-order chi connectivity index (χ1) is 14.7. The minimum atomic E-state index is 0.161. The lowest BCUT2D eigenvalue weighted by molar-refractivity contribution is -0.128. The minimum Gasteiger partial charge on any atom is -0.368 e. The molecule has 3 heterocycles. The maximum absolute atomic E-state index is 12.8. The van der Waals surface area contributed by atoms with Crippen LogP contribution in [-0.2, 0) is 4.79 Å². The standard InChI is InChI=1S/C21H22ClN5OS2/c22-15-3-1-4-17(13-15)25-8-10-26(11-9-25)19(28)14-30-21-24-23-20(18-5-2-12-29-18)27(21)16-6-7-16/h1-5,12-13,16H,6-11,14H2. The third-order valence-electron chi connectivity index (χ3n) is 5.45. The van der Waals surface area contributed by atoms with Gasteiger partial charge >= 0.3 is 0 Å². The molecule has 1 aromatic carbocycles. The van der Waals surface area contributed by atoms with Crippen LogP contribution in [-0.4, -0.2) is 57.5 Å². The summed E-state index contributed by atoms with van der Waals surface area (Å²) >= 11 is 9.29. The molecule has 6 nitrogen and oxygen atoms in total. The number of hydrogen-bond acceptors (Lipinski definition) is 6. The normalized spacial score (nSPS) is 16.8. The SMILES string of the molecule is O=C(CSc1nnc(-c2cccs2)n1C1CC1)N1CCN(c2cccc(Cl)c2)CC1. The molecule has 9 heteroatoms. The number of nitrogens with zero attached hydrogens (tertiary/aromatic N) is 5. The lowest BCUT2D eigenvalue weighted by Crippen LogP contribution is -2.49. The summed E-state index contributed by atoms with van der Waals surface area (Å²) in [5.41, 5.74) is 1.11. The largest absolute Gasteiger partial charge is 0.368 e. The van der Waals surface area contributed by atoms with Crippen LogP contribution in [0.5, 0.6) is 0 Å². The summed E-state index contributed by atoms with van der Waals surface area (Å²) in [6, 6.07) is 12.5. The zero-order chi connectivity index (χ0) is 20.5. The van der Waals surface area contributed by atoms with Gasteiger partial charge in [0, 0.05) is 42.9 Å². The van der Waals surface area contributed by atoms with E-state index < -0.39 is 0 Å². The van der Waals surface area contributed by atoms with Crippen LogP contribution in [0.2, 0.25) is 5.02 Å². The molecular formula is C21H22ClN5OS2. The number of thiophene rings is 1. The van der Waals surface area contributed by atoms with Crippen LogP contribution in [0.15, 0.2) is 46.9 Å². The number of aromatic nitrogens is 3. The first-order valence-electron chi connectivity index (χ1n) is 10.1. The topological polar surface area (TPSA) is 54.3 Å². The highest BCUT2D eigenvalue weighted by molar-refractivity contribution is 7.99. The molecule has 156 valence electrons. The fourth-order valence-corrected chi connectivity index (χ4v) is 5.51. The maximum Gasteiger partial charge on any atom is 0.233 e. The first kappa shape index (κ1) is 19.9. The van der Waals surface area contributed by atoms with Gasteiger partial charge in [-0.05, 0) is 42.5 Å². The summed E-state index contributed by atoms with van der Waals surface area (Å²) in [5.74, 6) is 1.48. The van der Waals surface area contributed by atoms with Crippen molar-refractivity contribution in [3.63, 3.8) is 0 Å². The van der Waals surface area contributed by atoms with Crippen molar-refractivity contribution in [3.05, 3.63) is 46.8 Å². The van der Waals surface area contributed by atoms with Crippen molar-refractivity contribution in [1.82, 2.24) is 19.7 Å². The number of thioether (sulfide) groups is 1. The van der Waals surface area contributed by atoms with Crippen molar-refractivity contribution in [2.24, 2.45) is 0 Å². The molecule has 0 unspecified atom stereocenters. The Morgan fingerprint density at radius 1 is 1.13 bits per heavy atom. The molecule has 30 heavy (non-hydrogen) atoms. The van der Waals surface area contributed by atoms with Crippen LogP contribution in [0, 0.1) is 0 Å². The maximum atomic E-state index is 12.8. The van der Waals surface area contributed by atoms with E-state index in [0.717, 1.165) is 65.6 Å². The van der Waals surface area contributed by atoms with Crippen LogP contribution < -0.4 is 4.90 Å². The number of anilines is 1. The molecule has 1 amide bonds. The Morgan fingerprint density at radius 3 is 2.67 bits per heavy atom. The highest BCUT2D eigenvalue weighted by atomic mass is 35.5. The van der Waals surface area contributed by atoms with Gasteiger partial charge in [0.1, 0.15) is 0 Å². The Labute approximate surface area is 188 Å². The lowest BCUT2D eigenvalue weighted by atomic mass is 10.2. The van der Waals surface area contributed by atoms with Crippen molar-refractivity contribution >= 4 is 46.3 Å². The number of rotatable bonds is 6. The number of piperazine rings is 1. The average molecular weight is 460 g/mol. The molecule has 0 atom stereocenters. The van der Waals surface area contributed by atoms with Gasteiger partial charge in [-0.1, -0.05) is 35.5 Å². The number of benzene rings is 1. The van der Waals surface area contributed by atoms with E-state index in [1.807, 2.05) is 29.2 Å². The number of amides is 1. The summed E-state index contributed by atoms with van der Waals surface area (Å²) in [4.78, 5) is 18.2. The molecule has 1 aliphatic carbocycles. The lowest BCUT2D eigenvalue weighted by Gasteiger charge is -2.36. The third-order valence-corrected chi connectivity index (χ3v) is 7.48. The monoisotopic (exact) mass is 459 g/mol. The highest BCUT2D eigenvalue weighted by Gasteiger charge is 2.31. The first-order valence-corrected chi connectivity index (χ1v) is 12.3. The summed E-state index contributed by atoms with van der Waals surface area (Å²) in [5, 5.41) is 12.5. The van der Waals surface area contributed by atoms with E-state index in [-0.39, 0.29) is 5.91 Å². The predicted molar refractivity (Wildman–Crippen MR) is 123 cm³/mol. The van der Waals surface area contributed by atoms with Gasteiger partial charge in [-0.25, -0.2) is 0 Å². The summed E-state index contributed by atoms with van der Waals surface area (Å²) in [6.45, 7) is 3.08. The molecule has 2 aliphatic rings. The molecule has 0 spiro atoms. The Hall–Kier alpha value is -2.03. The number of halogens is 1. The van der Waals surface area contributed by atoms with E-state index >= 15 is 0 Å². The Balaban J connectivity index is 1.19. The molecule has 1 aliphatic heterocycles. The molecular weight excluding hydrogens is 438 g/mol. The molecule has 2 fully saturated rings. The van der Waals surface area contributed by atoms with Crippen LogP contribution >= 0.6 is 34.7 Å². The minimum absolute atomic E-state index is 0.161. The predicted octanol–water partition coefficient (Wildman–Crippen LogP) is 4.44. The van der Waals surface area contributed by atoms with E-state index in [1.165, 1.54) is 11.8 Å². The molecule has 3 aromatic rings. The number of hydrogen-bond donors (Lipinski definition) is 0. The van der Waals surface area contributed by atoms with E-state index in [4.69, 9.17) is 11.6 Å². The third kappa shape index (κ3) is 4.22. The highest BCUT2D eigenvalue weighted by Crippen LogP contribution is 2.41. The Bertz CT molecular complexity index is 1030. The van der Waals surface area contributed by atoms with Crippen LogP contribution in [0.1, 0.15) is 18.9 Å². The van der Waals surface area contributed by atoms with E-state index in [9.17, 15) is 4.79 Å². The number of carbonyl (C=O) groups excluding carboxylic acids is 1. The van der Waals surface area contributed by atoms with Crippen molar-refractivity contribution in [2.45, 2.75) is 24.0 Å². The van der Waals surface area contributed by atoms with E-state index in [2.05, 4.69) is 37.2 Å². The van der Waals surface area contributed by atoms with Gasteiger partial charge in [0.2, 0.25) is 5.91 Å². The quantitative estimate of drug-likeness (QED) is 0.510. The molecule has 5 rings (SSSR count). The van der Waals surface area contributed by atoms with Crippen molar-refractivity contribution < 1.29 is 4.79 Å². The van der Waals surface area contributed by atoms with Gasteiger partial charge in [0.25, 0.3) is 0 Å². The van der Waals surface area contributed by atoms with Gasteiger partial charge < -0.3 is 9.80 Å². The van der Waals surface area contributed by atoms with Crippen molar-refractivity contribution in [2.75, 3.05) is 36.8 Å². The van der Waals surface area contributed by atoms with Gasteiger partial charge in [-0.2, -0.15) is 0 Å². The summed E-state index contributed by atoms with van der Waals surface area (Å²) in [7, 11) is 0. The van der Waals surface area contributed by atoms with Gasteiger partial charge in [0.05, 0.1) is 10.6 Å². The van der Waals surface area contributed by atoms with E-state index in [0.29, 0.717) is 11.8 Å². The second-order valence-electron chi connectivity index (χ2n) is 7.52. The smallest absolute Gasteiger partial charge is 0.233 e. The second kappa shape index (κ2) is 8.61. The van der Waals surface area contributed by atoms with Crippen LogP contribution in [0.3, 0.4) is 0 Å². The molecule has 1 saturated heterocycles. The van der Waals surface area contributed by atoms with Gasteiger partial charge in [-0.15, -0.1) is 21.5 Å². The second-order valence-corrected chi connectivity index (χ2v) is 9.85. The fraction of sp³-hybridized carbons (Fsp3) is 0.381. The van der Waals surface area contributed by atoms with Gasteiger partial charge in [0.15, 0.2) is 11.0 Å². The summed E-state index contributed by atoms with van der Waals surface area (Å²) < 4.78 is 2.22. The average Bonchev–Trinajstić information content (AvgIpc) is 3.29. The molecule has 0 N–H and O–H groups in total. The Kier molecular flexibility index (Phi) is 5.71. The zero-order valence-electron chi connectivity index (χ0n) is 16.4. The van der Waals surface area contributed by atoms with Crippen LogP contribution in [0.4, 0.5) is 5.69 Å². The number of carbonyl (C=O) groups is 1. The van der Waals surface area contributed by atoms with Crippen LogP contribution in [0.25, 0.3) is 10.7 Å². The van der Waals surface area contributed by atoms with E-state index in [1.54, 1.807) is 11.3 Å². The molecule has 2 aromatic heterocycles. The Morgan fingerprint density at radius 2 is 1.97 bits per heavy atom. The van der Waals surface area contributed by atoms with Crippen molar-refractivity contribution in [3.8, 4) is 10.7 Å². The van der Waals surface area contributed by atoms with Crippen molar-refractivity contribution in [1.29, 1.82) is 0 Å². The van der Waals surface area contributed by atoms with Gasteiger partial charge in [-0.3, -0.25) is 9.36 Å². The molecule has 1 saturated carbocycles. The zero-order valence-corrected chi connectivity index (χ0v) is 18.8. The summed E-state index contributed by atoms with van der Waals surface area (Å²) in [6.07, 6.45) is 2.31. The molecule has 0 radical (unpaired) electrons. The fourth-order valence-electron chi connectivity index (χ4n) is 3.72.